The molecule has 3 unspecified atom stereocenters. The summed E-state index contributed by atoms with van der Waals surface area (Å²) in [5.41, 5.74) is -0.802. The lowest BCUT2D eigenvalue weighted by Gasteiger charge is -2.42. The largest absolute Gasteiger partial charge is 0.480 e. The molecule has 0 bridgehead atoms. The molecule has 1 saturated heterocycles. The summed E-state index contributed by atoms with van der Waals surface area (Å²) in [5, 5.41) is 12.1. The van der Waals surface area contributed by atoms with E-state index in [9.17, 15) is 9.90 Å². The Hall–Kier alpha value is -0.650. The average molecular weight is 271 g/mol. The Morgan fingerprint density at radius 3 is 2.32 bits per heavy atom. The smallest absolute Gasteiger partial charge is 0.323 e. The standard InChI is InChI=1S/C14H29N3O2/c1-11-9-17(10-12(2)16(11)5)8-6-7-14(3,15-4)13(18)19/h11-12,15H,6-10H2,1-5H3,(H,18,19). The average Bonchev–Trinajstić information content (AvgIpc) is 2.35. The van der Waals surface area contributed by atoms with Crippen LogP contribution in [0.15, 0.2) is 0 Å². The highest BCUT2D eigenvalue weighted by Crippen LogP contribution is 2.16. The van der Waals surface area contributed by atoms with E-state index in [-0.39, 0.29) is 0 Å². The molecule has 5 nitrogen and oxygen atoms in total. The Balaban J connectivity index is 2.39. The quantitative estimate of drug-likeness (QED) is 0.750. The first kappa shape index (κ1) is 16.4. The van der Waals surface area contributed by atoms with E-state index < -0.39 is 11.5 Å². The van der Waals surface area contributed by atoms with Gasteiger partial charge in [-0.15, -0.1) is 0 Å². The zero-order chi connectivity index (χ0) is 14.6. The van der Waals surface area contributed by atoms with Crippen molar-refractivity contribution < 1.29 is 9.90 Å². The lowest BCUT2D eigenvalue weighted by atomic mass is 9.96. The molecule has 112 valence electrons. The van der Waals surface area contributed by atoms with Crippen LogP contribution in [0.25, 0.3) is 0 Å². The monoisotopic (exact) mass is 271 g/mol. The summed E-state index contributed by atoms with van der Waals surface area (Å²) in [5.74, 6) is -0.768. The van der Waals surface area contributed by atoms with E-state index in [4.69, 9.17) is 0 Å². The number of nitrogens with one attached hydrogen (secondary N) is 1. The second-order valence-electron chi connectivity index (χ2n) is 6.11. The van der Waals surface area contributed by atoms with Gasteiger partial charge in [0.05, 0.1) is 0 Å². The first-order chi connectivity index (χ1) is 8.80. The first-order valence-corrected chi connectivity index (χ1v) is 7.16. The van der Waals surface area contributed by atoms with E-state index in [1.165, 1.54) is 0 Å². The molecule has 3 atom stereocenters. The van der Waals surface area contributed by atoms with E-state index in [2.05, 4.69) is 36.0 Å². The third kappa shape index (κ3) is 4.16. The van der Waals surface area contributed by atoms with E-state index in [0.717, 1.165) is 26.1 Å². The summed E-state index contributed by atoms with van der Waals surface area (Å²) < 4.78 is 0. The SMILES string of the molecule is CNC(C)(CCCN1CC(C)N(C)C(C)C1)C(=O)O. The number of hydrogen-bond acceptors (Lipinski definition) is 4. The van der Waals surface area contributed by atoms with Crippen molar-refractivity contribution >= 4 is 5.97 Å². The van der Waals surface area contributed by atoms with Gasteiger partial charge in [-0.1, -0.05) is 0 Å². The molecule has 5 heteroatoms. The molecule has 1 rings (SSSR count). The van der Waals surface area contributed by atoms with E-state index >= 15 is 0 Å². The predicted molar refractivity (Wildman–Crippen MR) is 77.5 cm³/mol. The molecule has 19 heavy (non-hydrogen) atoms. The number of aliphatic carboxylic acids is 1. The van der Waals surface area contributed by atoms with Crippen molar-refractivity contribution in [3.05, 3.63) is 0 Å². The van der Waals surface area contributed by atoms with Gasteiger partial charge in [0, 0.05) is 25.2 Å². The zero-order valence-electron chi connectivity index (χ0n) is 12.9. The number of likely N-dealkylation sites (N-methyl/N-ethyl adjacent to an activating group) is 2. The summed E-state index contributed by atoms with van der Waals surface area (Å²) in [6, 6.07) is 1.14. The molecule has 0 radical (unpaired) electrons. The van der Waals surface area contributed by atoms with Gasteiger partial charge in [0.2, 0.25) is 0 Å². The van der Waals surface area contributed by atoms with Gasteiger partial charge in [0.25, 0.3) is 0 Å². The fourth-order valence-corrected chi connectivity index (χ4v) is 2.69. The molecule has 0 aromatic carbocycles. The van der Waals surface area contributed by atoms with Gasteiger partial charge in [-0.05, 0) is 54.3 Å². The Morgan fingerprint density at radius 2 is 1.89 bits per heavy atom. The molecule has 1 fully saturated rings. The summed E-state index contributed by atoms with van der Waals surface area (Å²) in [7, 11) is 3.89. The molecular weight excluding hydrogens is 242 g/mol. The molecule has 0 saturated carbocycles. The molecule has 0 aromatic heterocycles. The minimum absolute atomic E-state index is 0.568. The first-order valence-electron chi connectivity index (χ1n) is 7.16. The summed E-state index contributed by atoms with van der Waals surface area (Å²) >= 11 is 0. The van der Waals surface area contributed by atoms with Crippen molar-refractivity contribution in [2.24, 2.45) is 0 Å². The number of carboxylic acids is 1. The van der Waals surface area contributed by atoms with Gasteiger partial charge in [0.1, 0.15) is 5.54 Å². The minimum Gasteiger partial charge on any atom is -0.480 e. The molecule has 1 heterocycles. The lowest BCUT2D eigenvalue weighted by Crippen LogP contribution is -2.55. The highest BCUT2D eigenvalue weighted by molar-refractivity contribution is 5.78. The summed E-state index contributed by atoms with van der Waals surface area (Å²) in [4.78, 5) is 16.1. The molecule has 1 aliphatic heterocycles. The molecule has 0 spiro atoms. The number of hydrogen-bond donors (Lipinski definition) is 2. The van der Waals surface area contributed by atoms with Gasteiger partial charge >= 0.3 is 5.97 Å². The van der Waals surface area contributed by atoms with Crippen LogP contribution in [0.1, 0.15) is 33.6 Å². The summed E-state index contributed by atoms with van der Waals surface area (Å²) in [6.07, 6.45) is 1.57. The van der Waals surface area contributed by atoms with Crippen molar-refractivity contribution in [3.8, 4) is 0 Å². The van der Waals surface area contributed by atoms with Crippen molar-refractivity contribution in [2.45, 2.75) is 51.2 Å². The topological polar surface area (TPSA) is 55.8 Å². The second-order valence-corrected chi connectivity index (χ2v) is 6.11. The number of nitrogens with zero attached hydrogens (tertiary/aromatic N) is 2. The van der Waals surface area contributed by atoms with Crippen LogP contribution in [-0.2, 0) is 4.79 Å². The van der Waals surface area contributed by atoms with Crippen LogP contribution in [0.4, 0.5) is 0 Å². The van der Waals surface area contributed by atoms with Crippen LogP contribution in [0.5, 0.6) is 0 Å². The Kier molecular flexibility index (Phi) is 5.77. The van der Waals surface area contributed by atoms with Crippen LogP contribution in [0.3, 0.4) is 0 Å². The van der Waals surface area contributed by atoms with Crippen LogP contribution in [0, 0.1) is 0 Å². The maximum Gasteiger partial charge on any atom is 0.323 e. The third-order valence-electron chi connectivity index (χ3n) is 4.61. The third-order valence-corrected chi connectivity index (χ3v) is 4.61. The molecule has 0 amide bonds. The van der Waals surface area contributed by atoms with Gasteiger partial charge in [-0.2, -0.15) is 0 Å². The molecular formula is C14H29N3O2. The van der Waals surface area contributed by atoms with E-state index in [1.54, 1.807) is 14.0 Å². The Labute approximate surface area is 117 Å². The highest BCUT2D eigenvalue weighted by Gasteiger charge is 2.31. The maximum atomic E-state index is 11.2. The van der Waals surface area contributed by atoms with Gasteiger partial charge in [0.15, 0.2) is 0 Å². The number of carbonyl (C=O) groups is 1. The molecule has 2 N–H and O–H groups in total. The van der Waals surface area contributed by atoms with Crippen molar-refractivity contribution in [2.75, 3.05) is 33.7 Å². The minimum atomic E-state index is -0.802. The Bertz CT molecular complexity index is 299. The van der Waals surface area contributed by atoms with Crippen LogP contribution in [-0.4, -0.2) is 72.2 Å². The van der Waals surface area contributed by atoms with Crippen molar-refractivity contribution in [1.29, 1.82) is 0 Å². The van der Waals surface area contributed by atoms with E-state index in [1.807, 2.05) is 0 Å². The van der Waals surface area contributed by atoms with Gasteiger partial charge in [-0.25, -0.2) is 0 Å². The van der Waals surface area contributed by atoms with Crippen LogP contribution >= 0.6 is 0 Å². The van der Waals surface area contributed by atoms with Gasteiger partial charge in [-0.3, -0.25) is 9.69 Å². The fourth-order valence-electron chi connectivity index (χ4n) is 2.69. The molecule has 0 aliphatic carbocycles. The molecule has 1 aliphatic rings. The Morgan fingerprint density at radius 1 is 1.37 bits per heavy atom. The lowest BCUT2D eigenvalue weighted by molar-refractivity contribution is -0.144. The maximum absolute atomic E-state index is 11.2. The van der Waals surface area contributed by atoms with Crippen molar-refractivity contribution in [3.63, 3.8) is 0 Å². The number of piperazine rings is 1. The van der Waals surface area contributed by atoms with Gasteiger partial charge < -0.3 is 15.3 Å². The summed E-state index contributed by atoms with van der Waals surface area (Å²) in [6.45, 7) is 9.38. The van der Waals surface area contributed by atoms with E-state index in [0.29, 0.717) is 18.5 Å². The number of rotatable bonds is 6. The van der Waals surface area contributed by atoms with Crippen LogP contribution < -0.4 is 5.32 Å². The number of carboxylic acid groups (broad SMARTS) is 1. The molecule has 0 aromatic rings. The zero-order valence-corrected chi connectivity index (χ0v) is 12.9. The predicted octanol–water partition coefficient (Wildman–Crippen LogP) is 0.854. The fraction of sp³-hybridized carbons (Fsp3) is 0.929. The highest BCUT2D eigenvalue weighted by atomic mass is 16.4. The normalized spacial score (nSPS) is 29.1. The van der Waals surface area contributed by atoms with Crippen molar-refractivity contribution in [1.82, 2.24) is 15.1 Å². The second kappa shape index (κ2) is 6.68. The van der Waals surface area contributed by atoms with Crippen LogP contribution in [0.2, 0.25) is 0 Å².